The van der Waals surface area contributed by atoms with Gasteiger partial charge in [-0.2, -0.15) is 0 Å². The van der Waals surface area contributed by atoms with Gasteiger partial charge in [0.15, 0.2) is 5.11 Å². The van der Waals surface area contributed by atoms with Crippen LogP contribution in [0.4, 0.5) is 0 Å². The normalized spacial score (nSPS) is 10.3. The number of hydrogen-bond donors (Lipinski definition) is 1. The molecule has 0 unspecified atom stereocenters. The fourth-order valence-electron chi connectivity index (χ4n) is 2.08. The first-order valence-corrected chi connectivity index (χ1v) is 7.97. The molecule has 0 saturated heterocycles. The SMILES string of the molecule is CNC(=S)N(CCc1ccccc1)Cc1ccc(C)s1. The number of aryl methyl sites for hydroxylation is 1. The van der Waals surface area contributed by atoms with E-state index in [4.69, 9.17) is 12.2 Å². The van der Waals surface area contributed by atoms with E-state index in [0.717, 1.165) is 24.6 Å². The molecule has 1 heterocycles. The summed E-state index contributed by atoms with van der Waals surface area (Å²) >= 11 is 7.25. The summed E-state index contributed by atoms with van der Waals surface area (Å²) in [6, 6.07) is 14.9. The Balaban J connectivity index is 1.98. The van der Waals surface area contributed by atoms with Gasteiger partial charge in [0.2, 0.25) is 0 Å². The van der Waals surface area contributed by atoms with Crippen LogP contribution in [0.3, 0.4) is 0 Å². The summed E-state index contributed by atoms with van der Waals surface area (Å²) in [5.41, 5.74) is 1.35. The molecule has 2 aromatic rings. The molecule has 0 aliphatic heterocycles. The van der Waals surface area contributed by atoms with E-state index in [9.17, 15) is 0 Å². The van der Waals surface area contributed by atoms with E-state index in [0.29, 0.717) is 0 Å². The van der Waals surface area contributed by atoms with Gasteiger partial charge in [-0.05, 0) is 43.3 Å². The van der Waals surface area contributed by atoms with E-state index < -0.39 is 0 Å². The fraction of sp³-hybridized carbons (Fsp3) is 0.312. The van der Waals surface area contributed by atoms with Crippen molar-refractivity contribution in [2.75, 3.05) is 13.6 Å². The molecule has 4 heteroatoms. The average Bonchev–Trinajstić information content (AvgIpc) is 2.89. The van der Waals surface area contributed by atoms with Crippen LogP contribution in [0.15, 0.2) is 42.5 Å². The molecule has 106 valence electrons. The molecule has 20 heavy (non-hydrogen) atoms. The maximum Gasteiger partial charge on any atom is 0.169 e. The Bertz CT molecular complexity index is 549. The predicted octanol–water partition coefficient (Wildman–Crippen LogP) is 3.61. The fourth-order valence-corrected chi connectivity index (χ4v) is 3.14. The van der Waals surface area contributed by atoms with Gasteiger partial charge in [0.1, 0.15) is 0 Å². The smallest absolute Gasteiger partial charge is 0.169 e. The van der Waals surface area contributed by atoms with Gasteiger partial charge in [0.05, 0.1) is 6.54 Å². The molecule has 0 aliphatic rings. The lowest BCUT2D eigenvalue weighted by Gasteiger charge is -2.24. The summed E-state index contributed by atoms with van der Waals surface area (Å²) in [5.74, 6) is 0. The van der Waals surface area contributed by atoms with Gasteiger partial charge in [-0.3, -0.25) is 0 Å². The van der Waals surface area contributed by atoms with Crippen molar-refractivity contribution in [3.63, 3.8) is 0 Å². The highest BCUT2D eigenvalue weighted by molar-refractivity contribution is 7.80. The minimum Gasteiger partial charge on any atom is -0.366 e. The highest BCUT2D eigenvalue weighted by Crippen LogP contribution is 2.17. The van der Waals surface area contributed by atoms with Crippen LogP contribution < -0.4 is 5.32 Å². The molecule has 2 nitrogen and oxygen atoms in total. The van der Waals surface area contributed by atoms with Crippen LogP contribution in [-0.2, 0) is 13.0 Å². The van der Waals surface area contributed by atoms with E-state index in [1.807, 2.05) is 24.5 Å². The molecule has 1 aromatic heterocycles. The topological polar surface area (TPSA) is 15.3 Å². The van der Waals surface area contributed by atoms with Crippen molar-refractivity contribution in [3.05, 3.63) is 57.8 Å². The highest BCUT2D eigenvalue weighted by atomic mass is 32.1. The van der Waals surface area contributed by atoms with Gasteiger partial charge in [-0.25, -0.2) is 0 Å². The van der Waals surface area contributed by atoms with Crippen molar-refractivity contribution >= 4 is 28.7 Å². The third kappa shape index (κ3) is 4.32. The van der Waals surface area contributed by atoms with E-state index in [1.165, 1.54) is 15.3 Å². The second-order valence-electron chi connectivity index (χ2n) is 4.72. The van der Waals surface area contributed by atoms with E-state index in [1.54, 1.807) is 0 Å². The van der Waals surface area contributed by atoms with Gasteiger partial charge in [-0.15, -0.1) is 11.3 Å². The second kappa shape index (κ2) is 7.41. The molecule has 0 bridgehead atoms. The van der Waals surface area contributed by atoms with Crippen molar-refractivity contribution in [1.29, 1.82) is 0 Å². The summed E-state index contributed by atoms with van der Waals surface area (Å²) in [4.78, 5) is 4.93. The van der Waals surface area contributed by atoms with Crippen LogP contribution in [0.25, 0.3) is 0 Å². The van der Waals surface area contributed by atoms with Crippen LogP contribution in [0.2, 0.25) is 0 Å². The molecule has 0 atom stereocenters. The molecule has 0 aliphatic carbocycles. The Labute approximate surface area is 130 Å². The molecule has 2 rings (SSSR count). The maximum absolute atomic E-state index is 5.42. The number of nitrogens with one attached hydrogen (secondary N) is 1. The number of benzene rings is 1. The Hall–Kier alpha value is -1.39. The number of nitrogens with zero attached hydrogens (tertiary/aromatic N) is 1. The van der Waals surface area contributed by atoms with Crippen LogP contribution >= 0.6 is 23.6 Å². The Kier molecular flexibility index (Phi) is 5.56. The maximum atomic E-state index is 5.42. The van der Waals surface area contributed by atoms with Crippen LogP contribution in [0.1, 0.15) is 15.3 Å². The average molecular weight is 304 g/mol. The van der Waals surface area contributed by atoms with Crippen molar-refractivity contribution in [2.24, 2.45) is 0 Å². The standard InChI is InChI=1S/C16H20N2S2/c1-13-8-9-15(20-13)12-18(16(19)17-2)11-10-14-6-4-3-5-7-14/h3-9H,10-12H2,1-2H3,(H,17,19). The lowest BCUT2D eigenvalue weighted by atomic mass is 10.1. The molecule has 0 radical (unpaired) electrons. The quantitative estimate of drug-likeness (QED) is 0.850. The van der Waals surface area contributed by atoms with Gasteiger partial charge in [0.25, 0.3) is 0 Å². The van der Waals surface area contributed by atoms with Crippen LogP contribution in [0, 0.1) is 6.92 Å². The first-order valence-electron chi connectivity index (χ1n) is 6.75. The first-order chi connectivity index (χ1) is 9.69. The lowest BCUT2D eigenvalue weighted by Crippen LogP contribution is -2.38. The molecule has 1 aromatic carbocycles. The highest BCUT2D eigenvalue weighted by Gasteiger charge is 2.10. The molecule has 1 N–H and O–H groups in total. The summed E-state index contributed by atoms with van der Waals surface area (Å²) in [6.07, 6.45) is 1.01. The third-order valence-corrected chi connectivity index (χ3v) is 4.60. The summed E-state index contributed by atoms with van der Waals surface area (Å²) in [7, 11) is 1.89. The minimum atomic E-state index is 0.812. The minimum absolute atomic E-state index is 0.812. The molecular weight excluding hydrogens is 284 g/mol. The number of thiophene rings is 1. The Morgan fingerprint density at radius 3 is 2.55 bits per heavy atom. The molecule has 0 spiro atoms. The van der Waals surface area contributed by atoms with Crippen LogP contribution in [-0.4, -0.2) is 23.6 Å². The Morgan fingerprint density at radius 1 is 1.20 bits per heavy atom. The Morgan fingerprint density at radius 2 is 1.95 bits per heavy atom. The molecule has 0 saturated carbocycles. The zero-order valence-electron chi connectivity index (χ0n) is 11.9. The van der Waals surface area contributed by atoms with Crippen molar-refractivity contribution in [2.45, 2.75) is 19.9 Å². The zero-order chi connectivity index (χ0) is 14.4. The molecule has 0 fully saturated rings. The van der Waals surface area contributed by atoms with Gasteiger partial charge < -0.3 is 10.2 Å². The first kappa shape index (κ1) is 15.0. The number of rotatable bonds is 5. The lowest BCUT2D eigenvalue weighted by molar-refractivity contribution is 0.416. The van der Waals surface area contributed by atoms with Crippen molar-refractivity contribution in [3.8, 4) is 0 Å². The van der Waals surface area contributed by atoms with Crippen molar-refractivity contribution < 1.29 is 0 Å². The van der Waals surface area contributed by atoms with E-state index in [-0.39, 0.29) is 0 Å². The number of hydrogen-bond acceptors (Lipinski definition) is 2. The summed E-state index contributed by atoms with van der Waals surface area (Å²) < 4.78 is 0. The monoisotopic (exact) mass is 304 g/mol. The summed E-state index contributed by atoms with van der Waals surface area (Å²) in [5, 5.41) is 3.90. The summed E-state index contributed by atoms with van der Waals surface area (Å²) in [6.45, 7) is 3.95. The third-order valence-electron chi connectivity index (χ3n) is 3.16. The zero-order valence-corrected chi connectivity index (χ0v) is 13.6. The van der Waals surface area contributed by atoms with Gasteiger partial charge in [-0.1, -0.05) is 30.3 Å². The predicted molar refractivity (Wildman–Crippen MR) is 91.3 cm³/mol. The van der Waals surface area contributed by atoms with Gasteiger partial charge in [0, 0.05) is 23.3 Å². The molecular formula is C16H20N2S2. The number of thiocarbonyl (C=S) groups is 1. The van der Waals surface area contributed by atoms with Crippen LogP contribution in [0.5, 0.6) is 0 Å². The van der Waals surface area contributed by atoms with E-state index >= 15 is 0 Å². The largest absolute Gasteiger partial charge is 0.366 e. The van der Waals surface area contributed by atoms with Crippen molar-refractivity contribution in [1.82, 2.24) is 10.2 Å². The molecule has 0 amide bonds. The van der Waals surface area contributed by atoms with E-state index in [2.05, 4.69) is 53.5 Å². The van der Waals surface area contributed by atoms with Gasteiger partial charge >= 0.3 is 0 Å². The second-order valence-corrected chi connectivity index (χ2v) is 6.48.